The van der Waals surface area contributed by atoms with Crippen molar-refractivity contribution in [3.8, 4) is 0 Å². The van der Waals surface area contributed by atoms with Crippen LogP contribution in [0.1, 0.15) is 34.7 Å². The molecule has 90 valence electrons. The first-order valence-electron chi connectivity index (χ1n) is 5.60. The van der Waals surface area contributed by atoms with E-state index in [9.17, 15) is 0 Å². The second kappa shape index (κ2) is 5.35. The van der Waals surface area contributed by atoms with Crippen LogP contribution in [0.2, 0.25) is 0 Å². The number of aromatic nitrogens is 2. The van der Waals surface area contributed by atoms with Gasteiger partial charge in [-0.15, -0.1) is 5.10 Å². The van der Waals surface area contributed by atoms with Crippen LogP contribution in [0.15, 0.2) is 24.3 Å². The van der Waals surface area contributed by atoms with E-state index in [1.165, 1.54) is 17.1 Å². The van der Waals surface area contributed by atoms with Crippen LogP contribution >= 0.6 is 11.5 Å². The highest BCUT2D eigenvalue weighted by atomic mass is 32.1. The summed E-state index contributed by atoms with van der Waals surface area (Å²) in [5.41, 5.74) is 6.23. The molecule has 0 aliphatic rings. The Hall–Kier alpha value is -1.30. The van der Waals surface area contributed by atoms with E-state index in [1.807, 2.05) is 6.92 Å². The van der Waals surface area contributed by atoms with Gasteiger partial charge in [0.2, 0.25) is 0 Å². The first-order valence-corrected chi connectivity index (χ1v) is 6.37. The van der Waals surface area contributed by atoms with Gasteiger partial charge in [-0.25, -0.2) is 5.43 Å². The van der Waals surface area contributed by atoms with Crippen LogP contribution in [0, 0.1) is 6.92 Å². The van der Waals surface area contributed by atoms with E-state index >= 15 is 0 Å². The highest BCUT2D eigenvalue weighted by Crippen LogP contribution is 2.26. The summed E-state index contributed by atoms with van der Waals surface area (Å²) in [6, 6.07) is 8.39. The highest BCUT2D eigenvalue weighted by Gasteiger charge is 2.17. The van der Waals surface area contributed by atoms with E-state index in [0.29, 0.717) is 0 Å². The van der Waals surface area contributed by atoms with Crippen molar-refractivity contribution in [1.29, 1.82) is 0 Å². The predicted octanol–water partition coefficient (Wildman–Crippen LogP) is 1.96. The summed E-state index contributed by atoms with van der Waals surface area (Å²) >= 11 is 1.39. The lowest BCUT2D eigenvalue weighted by Crippen LogP contribution is -2.28. The molecule has 1 unspecified atom stereocenters. The number of rotatable bonds is 4. The quantitative estimate of drug-likeness (QED) is 0.641. The first kappa shape index (κ1) is 12.2. The summed E-state index contributed by atoms with van der Waals surface area (Å²) in [5.74, 6) is 5.66. The van der Waals surface area contributed by atoms with E-state index in [4.69, 9.17) is 5.84 Å². The molecule has 2 aromatic rings. The van der Waals surface area contributed by atoms with Crippen LogP contribution in [0.5, 0.6) is 0 Å². The lowest BCUT2D eigenvalue weighted by molar-refractivity contribution is 0.641. The van der Waals surface area contributed by atoms with Crippen molar-refractivity contribution >= 4 is 11.5 Å². The molecule has 0 spiro atoms. The van der Waals surface area contributed by atoms with Crippen molar-refractivity contribution in [1.82, 2.24) is 15.0 Å². The summed E-state index contributed by atoms with van der Waals surface area (Å²) in [6.45, 7) is 4.09. The fourth-order valence-electron chi connectivity index (χ4n) is 1.82. The Morgan fingerprint density at radius 1 is 1.47 bits per heavy atom. The van der Waals surface area contributed by atoms with Gasteiger partial charge in [-0.05, 0) is 36.0 Å². The maximum atomic E-state index is 5.66. The summed E-state index contributed by atoms with van der Waals surface area (Å²) in [5, 5.41) is 4.03. The SMILES string of the molecule is CCc1cccc(C(NN)c2snnc2C)c1. The number of nitrogens with one attached hydrogen (secondary N) is 1. The molecule has 1 aromatic heterocycles. The normalized spacial score (nSPS) is 12.6. The van der Waals surface area contributed by atoms with Crippen molar-refractivity contribution in [3.05, 3.63) is 46.0 Å². The minimum absolute atomic E-state index is 0.0264. The van der Waals surface area contributed by atoms with Gasteiger partial charge < -0.3 is 0 Å². The molecule has 0 saturated carbocycles. The van der Waals surface area contributed by atoms with Crippen molar-refractivity contribution in [2.24, 2.45) is 5.84 Å². The summed E-state index contributed by atoms with van der Waals surface area (Å²) in [7, 11) is 0. The van der Waals surface area contributed by atoms with Gasteiger partial charge in [0.25, 0.3) is 0 Å². The van der Waals surface area contributed by atoms with Crippen LogP contribution in [0.3, 0.4) is 0 Å². The molecule has 1 atom stereocenters. The minimum Gasteiger partial charge on any atom is -0.271 e. The van der Waals surface area contributed by atoms with Crippen LogP contribution < -0.4 is 11.3 Å². The largest absolute Gasteiger partial charge is 0.271 e. The molecular weight excluding hydrogens is 232 g/mol. The van der Waals surface area contributed by atoms with Gasteiger partial charge in [0.1, 0.15) is 0 Å². The van der Waals surface area contributed by atoms with Crippen molar-refractivity contribution in [2.75, 3.05) is 0 Å². The van der Waals surface area contributed by atoms with Crippen molar-refractivity contribution < 1.29 is 0 Å². The Balaban J connectivity index is 2.38. The third-order valence-corrected chi connectivity index (χ3v) is 3.70. The maximum Gasteiger partial charge on any atom is 0.0837 e. The molecule has 0 bridgehead atoms. The molecule has 2 rings (SSSR count). The predicted molar refractivity (Wildman–Crippen MR) is 69.6 cm³/mol. The van der Waals surface area contributed by atoms with Gasteiger partial charge in [0.05, 0.1) is 16.6 Å². The Labute approximate surface area is 105 Å². The Kier molecular flexibility index (Phi) is 3.83. The van der Waals surface area contributed by atoms with Gasteiger partial charge in [0.15, 0.2) is 0 Å². The number of nitrogens with two attached hydrogens (primary N) is 1. The standard InChI is InChI=1S/C12H16N4S/c1-3-9-5-4-6-10(7-9)11(14-13)12-8(2)15-16-17-12/h4-7,11,14H,3,13H2,1-2H3. The zero-order valence-corrected chi connectivity index (χ0v) is 10.8. The number of benzene rings is 1. The second-order valence-electron chi connectivity index (χ2n) is 3.92. The van der Waals surface area contributed by atoms with E-state index < -0.39 is 0 Å². The van der Waals surface area contributed by atoms with Gasteiger partial charge in [-0.3, -0.25) is 5.84 Å². The fourth-order valence-corrected chi connectivity index (χ4v) is 2.55. The topological polar surface area (TPSA) is 63.8 Å². The number of nitrogens with zero attached hydrogens (tertiary/aromatic N) is 2. The highest BCUT2D eigenvalue weighted by molar-refractivity contribution is 7.05. The Bertz CT molecular complexity index is 495. The molecule has 0 radical (unpaired) electrons. The summed E-state index contributed by atoms with van der Waals surface area (Å²) in [6.07, 6.45) is 1.02. The molecule has 17 heavy (non-hydrogen) atoms. The Morgan fingerprint density at radius 2 is 2.29 bits per heavy atom. The smallest absolute Gasteiger partial charge is 0.0837 e. The molecule has 0 aliphatic carbocycles. The third kappa shape index (κ3) is 2.52. The van der Waals surface area contributed by atoms with Crippen LogP contribution in [0.25, 0.3) is 0 Å². The maximum absolute atomic E-state index is 5.66. The molecule has 5 heteroatoms. The molecule has 4 nitrogen and oxygen atoms in total. The fraction of sp³-hybridized carbons (Fsp3) is 0.333. The summed E-state index contributed by atoms with van der Waals surface area (Å²) < 4.78 is 3.95. The molecule has 0 saturated heterocycles. The lowest BCUT2D eigenvalue weighted by atomic mass is 10.0. The van der Waals surface area contributed by atoms with Crippen molar-refractivity contribution in [3.63, 3.8) is 0 Å². The average Bonchev–Trinajstić information content (AvgIpc) is 2.77. The van der Waals surface area contributed by atoms with Gasteiger partial charge in [-0.2, -0.15) is 0 Å². The van der Waals surface area contributed by atoms with E-state index in [1.54, 1.807) is 0 Å². The van der Waals surface area contributed by atoms with E-state index in [2.05, 4.69) is 46.2 Å². The zero-order chi connectivity index (χ0) is 12.3. The first-order chi connectivity index (χ1) is 8.26. The van der Waals surface area contributed by atoms with Crippen LogP contribution in [0.4, 0.5) is 0 Å². The average molecular weight is 248 g/mol. The van der Waals surface area contributed by atoms with Gasteiger partial charge in [0, 0.05) is 0 Å². The molecular formula is C12H16N4S. The monoisotopic (exact) mass is 248 g/mol. The Morgan fingerprint density at radius 3 is 2.88 bits per heavy atom. The van der Waals surface area contributed by atoms with E-state index in [-0.39, 0.29) is 6.04 Å². The van der Waals surface area contributed by atoms with Crippen LogP contribution in [-0.4, -0.2) is 9.59 Å². The van der Waals surface area contributed by atoms with Crippen LogP contribution in [-0.2, 0) is 6.42 Å². The molecule has 0 aliphatic heterocycles. The van der Waals surface area contributed by atoms with Gasteiger partial charge >= 0.3 is 0 Å². The van der Waals surface area contributed by atoms with E-state index in [0.717, 1.165) is 22.6 Å². The summed E-state index contributed by atoms with van der Waals surface area (Å²) in [4.78, 5) is 1.07. The van der Waals surface area contributed by atoms with Crippen molar-refractivity contribution in [2.45, 2.75) is 26.3 Å². The molecule has 3 N–H and O–H groups in total. The molecule has 1 heterocycles. The second-order valence-corrected chi connectivity index (χ2v) is 4.71. The minimum atomic E-state index is -0.0264. The number of hydrogen-bond donors (Lipinski definition) is 2. The number of aryl methyl sites for hydroxylation is 2. The lowest BCUT2D eigenvalue weighted by Gasteiger charge is -2.15. The molecule has 1 aromatic carbocycles. The number of hydrazine groups is 1. The molecule has 0 amide bonds. The zero-order valence-electron chi connectivity index (χ0n) is 9.97. The van der Waals surface area contributed by atoms with Gasteiger partial charge in [-0.1, -0.05) is 35.7 Å². The third-order valence-electron chi connectivity index (χ3n) is 2.81. The molecule has 0 fully saturated rings. The number of hydrogen-bond acceptors (Lipinski definition) is 5.